The van der Waals surface area contributed by atoms with Crippen molar-refractivity contribution < 1.29 is 44.3 Å². The molecule has 4 rings (SSSR count). The molecule has 0 unspecified atom stereocenters. The maximum atomic E-state index is 13.0. The fourth-order valence-corrected chi connectivity index (χ4v) is 6.48. The molecule has 0 saturated heterocycles. The van der Waals surface area contributed by atoms with Crippen molar-refractivity contribution in [2.45, 2.75) is 28.5 Å². The van der Waals surface area contributed by atoms with Gasteiger partial charge in [-0.25, -0.2) is 8.42 Å². The number of hydrogen-bond donors (Lipinski definition) is 5. The summed E-state index contributed by atoms with van der Waals surface area (Å²) < 4.78 is 95.8. The molecule has 4 aromatic carbocycles. The fourth-order valence-electron chi connectivity index (χ4n) is 3.95. The molecule has 0 aliphatic rings. The number of nitrogens with zero attached hydrogens (tertiary/aromatic N) is 2. The number of anilines is 2. The van der Waals surface area contributed by atoms with E-state index in [0.717, 1.165) is 31.2 Å². The molecule has 0 atom stereocenters. The molecule has 0 saturated carbocycles. The number of benzene rings is 4. The number of aryl methyl sites for hydroxylation is 1. The summed E-state index contributed by atoms with van der Waals surface area (Å²) in [7, 11) is -14.1. The number of phenols is 1. The molecular formula is C25H22N4Na2O10S3. The molecule has 222 valence electrons. The number of amides is 1. The molecule has 2 radical (unpaired) electrons. The van der Waals surface area contributed by atoms with E-state index in [1.165, 1.54) is 19.1 Å². The van der Waals surface area contributed by atoms with Crippen molar-refractivity contribution in [1.29, 1.82) is 0 Å². The van der Waals surface area contributed by atoms with Crippen molar-refractivity contribution in [1.82, 2.24) is 0 Å². The van der Waals surface area contributed by atoms with E-state index in [9.17, 15) is 44.3 Å². The maximum Gasteiger partial charge on any atom is 0.296 e. The van der Waals surface area contributed by atoms with E-state index in [4.69, 9.17) is 0 Å². The van der Waals surface area contributed by atoms with Crippen LogP contribution >= 0.6 is 0 Å². The Morgan fingerprint density at radius 1 is 0.795 bits per heavy atom. The van der Waals surface area contributed by atoms with Crippen LogP contribution in [0.1, 0.15) is 12.5 Å². The number of aromatic hydroxyl groups is 1. The molecule has 0 bridgehead atoms. The van der Waals surface area contributed by atoms with Gasteiger partial charge in [0.1, 0.15) is 10.6 Å². The quantitative estimate of drug-likeness (QED) is 0.103. The summed E-state index contributed by atoms with van der Waals surface area (Å²) in [6.45, 7) is 2.61. The zero-order chi connectivity index (χ0) is 31.0. The first-order valence-corrected chi connectivity index (χ1v) is 16.0. The first kappa shape index (κ1) is 37.8. The van der Waals surface area contributed by atoms with Crippen molar-refractivity contribution in [2.24, 2.45) is 10.2 Å². The monoisotopic (exact) mass is 680 g/mol. The third-order valence-corrected chi connectivity index (χ3v) is 8.98. The standard InChI is InChI=1S/C25H22N4O10S3.2Na/c1-14-8-9-18(12-21(14)40(32,33)29-17-6-4-3-5-7-17)27-28-24-22(42(37,38)39)11-16-10-19(41(34,35)36)13-20(26-15(2)30)23(16)25(24)31;;/h3-13,29,31H,1-2H3,(H,26,30)(H,34,35,36)(H,37,38,39);;. The van der Waals surface area contributed by atoms with Crippen LogP contribution < -0.4 is 10.0 Å². The summed E-state index contributed by atoms with van der Waals surface area (Å²) in [5.41, 5.74) is -0.574. The normalized spacial score (nSPS) is 11.9. The number of rotatable bonds is 8. The van der Waals surface area contributed by atoms with Gasteiger partial charge in [0.2, 0.25) is 5.91 Å². The number of carbonyl (C=O) groups excluding carboxylic acids is 1. The van der Waals surface area contributed by atoms with Gasteiger partial charge in [0.15, 0.2) is 5.75 Å². The summed E-state index contributed by atoms with van der Waals surface area (Å²) in [4.78, 5) is 9.85. The van der Waals surface area contributed by atoms with E-state index in [0.29, 0.717) is 11.3 Å². The smallest absolute Gasteiger partial charge is 0.296 e. The number of fused-ring (bicyclic) bond motifs is 1. The molecule has 0 spiro atoms. The first-order chi connectivity index (χ1) is 19.5. The SMILES string of the molecule is CC(=O)Nc1cc(S(=O)(=O)O)cc2cc(S(=O)(=O)O)c(N=Nc3ccc(C)c(S(=O)(=O)Nc4ccccc4)c3)c(O)c12.[Na].[Na]. The van der Waals surface area contributed by atoms with Crippen LogP contribution in [0, 0.1) is 6.92 Å². The van der Waals surface area contributed by atoms with Crippen LogP contribution in [-0.4, -0.2) is 104 Å². The van der Waals surface area contributed by atoms with E-state index in [-0.39, 0.29) is 86.2 Å². The van der Waals surface area contributed by atoms with Crippen LogP contribution in [0.25, 0.3) is 10.8 Å². The summed E-state index contributed by atoms with van der Waals surface area (Å²) in [6, 6.07) is 14.4. The second kappa shape index (κ2) is 14.3. The third kappa shape index (κ3) is 8.64. The van der Waals surface area contributed by atoms with Crippen molar-refractivity contribution in [2.75, 3.05) is 10.0 Å². The van der Waals surface area contributed by atoms with Gasteiger partial charge in [-0.1, -0.05) is 24.3 Å². The Morgan fingerprint density at radius 3 is 2.00 bits per heavy atom. The van der Waals surface area contributed by atoms with E-state index >= 15 is 0 Å². The van der Waals surface area contributed by atoms with E-state index in [2.05, 4.69) is 20.3 Å². The summed E-state index contributed by atoms with van der Waals surface area (Å²) in [5, 5.41) is 20.3. The van der Waals surface area contributed by atoms with Crippen molar-refractivity contribution >= 4 is 129 Å². The van der Waals surface area contributed by atoms with Crippen LogP contribution in [0.15, 0.2) is 91.6 Å². The van der Waals surface area contributed by atoms with Gasteiger partial charge >= 0.3 is 0 Å². The van der Waals surface area contributed by atoms with Gasteiger partial charge in [0, 0.05) is 77.1 Å². The number of azo groups is 1. The summed E-state index contributed by atoms with van der Waals surface area (Å²) in [5.74, 6) is -1.64. The molecule has 4 aromatic rings. The Bertz CT molecular complexity index is 2110. The van der Waals surface area contributed by atoms with E-state index < -0.39 is 57.4 Å². The zero-order valence-corrected chi connectivity index (χ0v) is 30.1. The molecule has 5 N–H and O–H groups in total. The topological polar surface area (TPSA) is 229 Å². The maximum absolute atomic E-state index is 13.0. The average Bonchev–Trinajstić information content (AvgIpc) is 2.87. The predicted octanol–water partition coefficient (Wildman–Crippen LogP) is 3.76. The number of phenolic OH excluding ortho intramolecular Hbond substituents is 1. The third-order valence-electron chi connectivity index (χ3n) is 5.76. The van der Waals surface area contributed by atoms with Gasteiger partial charge in [-0.3, -0.25) is 18.6 Å². The molecule has 1 amide bonds. The van der Waals surface area contributed by atoms with Crippen LogP contribution in [0.2, 0.25) is 0 Å². The van der Waals surface area contributed by atoms with Crippen LogP contribution in [-0.2, 0) is 35.1 Å². The van der Waals surface area contributed by atoms with E-state index in [1.807, 2.05) is 0 Å². The number of carbonyl (C=O) groups is 1. The minimum atomic E-state index is -5.13. The summed E-state index contributed by atoms with van der Waals surface area (Å²) in [6.07, 6.45) is 0. The second-order valence-electron chi connectivity index (χ2n) is 8.89. The fraction of sp³-hybridized carbons (Fsp3) is 0.0800. The van der Waals surface area contributed by atoms with Crippen LogP contribution in [0.4, 0.5) is 22.7 Å². The molecule has 14 nitrogen and oxygen atoms in total. The van der Waals surface area contributed by atoms with Crippen molar-refractivity contribution in [3.05, 3.63) is 72.3 Å². The molecule has 0 fully saturated rings. The van der Waals surface area contributed by atoms with Gasteiger partial charge in [0.25, 0.3) is 30.3 Å². The summed E-state index contributed by atoms with van der Waals surface area (Å²) >= 11 is 0. The molecular weight excluding hydrogens is 658 g/mol. The zero-order valence-electron chi connectivity index (χ0n) is 23.7. The van der Waals surface area contributed by atoms with Crippen molar-refractivity contribution in [3.8, 4) is 5.75 Å². The Balaban J connectivity index is 0.00000337. The first-order valence-electron chi connectivity index (χ1n) is 11.6. The molecule has 0 aromatic heterocycles. The molecule has 0 aliphatic carbocycles. The minimum Gasteiger partial charge on any atom is -0.505 e. The van der Waals surface area contributed by atoms with Gasteiger partial charge in [0.05, 0.1) is 21.2 Å². The molecule has 0 heterocycles. The molecule has 44 heavy (non-hydrogen) atoms. The molecule has 19 heteroatoms. The number of nitrogens with one attached hydrogen (secondary N) is 2. The Morgan fingerprint density at radius 2 is 1.43 bits per heavy atom. The average molecular weight is 681 g/mol. The number of para-hydroxylation sites is 1. The minimum absolute atomic E-state index is 0. The van der Waals surface area contributed by atoms with Crippen LogP contribution in [0.3, 0.4) is 0 Å². The van der Waals surface area contributed by atoms with E-state index in [1.54, 1.807) is 30.3 Å². The van der Waals surface area contributed by atoms with Gasteiger partial charge in [-0.15, -0.1) is 5.11 Å². The van der Waals surface area contributed by atoms with Gasteiger partial charge < -0.3 is 10.4 Å². The molecule has 0 aliphatic heterocycles. The Labute approximate surface area is 297 Å². The van der Waals surface area contributed by atoms with Gasteiger partial charge in [-0.05, 0) is 60.3 Å². The van der Waals surface area contributed by atoms with Crippen molar-refractivity contribution in [3.63, 3.8) is 0 Å². The number of hydrogen-bond acceptors (Lipinski definition) is 10. The second-order valence-corrected chi connectivity index (χ2v) is 13.4. The van der Waals surface area contributed by atoms with Gasteiger partial charge in [-0.2, -0.15) is 21.9 Å². The number of sulfonamides is 1. The Kier molecular flexibility index (Phi) is 12.3. The largest absolute Gasteiger partial charge is 0.505 e. The predicted molar refractivity (Wildman–Crippen MR) is 164 cm³/mol. The Hall–Kier alpha value is -2.42. The van der Waals surface area contributed by atoms with Crippen LogP contribution in [0.5, 0.6) is 5.75 Å².